The number of benzene rings is 7. The van der Waals surface area contributed by atoms with E-state index in [1.54, 1.807) is 0 Å². The zero-order valence-corrected chi connectivity index (χ0v) is 30.4. The van der Waals surface area contributed by atoms with Gasteiger partial charge in [0.05, 0.1) is 27.8 Å². The molecule has 10 rings (SSSR count). The summed E-state index contributed by atoms with van der Waals surface area (Å²) >= 11 is 0. The average Bonchev–Trinajstić information content (AvgIpc) is 3.74. The molecule has 0 N–H and O–H groups in total. The minimum Gasteiger partial charge on any atom is -0.309 e. The van der Waals surface area contributed by atoms with Crippen molar-refractivity contribution in [3.63, 3.8) is 0 Å². The second-order valence-electron chi connectivity index (χ2n) is 14.8. The first-order valence-corrected chi connectivity index (χ1v) is 18.9. The number of para-hydroxylation sites is 2. The Morgan fingerprint density at radius 2 is 0.926 bits per heavy atom. The van der Waals surface area contributed by atoms with E-state index < -0.39 is 0 Å². The summed E-state index contributed by atoms with van der Waals surface area (Å²) in [6.07, 6.45) is 1.09. The molecule has 0 aliphatic carbocycles. The number of fused-ring (bicyclic) bond motifs is 6. The third kappa shape index (κ3) is 5.48. The molecule has 0 aliphatic heterocycles. The Bertz CT molecular complexity index is 2910. The van der Waals surface area contributed by atoms with Crippen LogP contribution in [0.25, 0.3) is 88.6 Å². The Morgan fingerprint density at radius 3 is 1.54 bits per heavy atom. The Labute approximate surface area is 315 Å². The molecular formula is C51H39N3. The fraction of sp³-hybridized carbons (Fsp3) is 0.0784. The van der Waals surface area contributed by atoms with Gasteiger partial charge in [-0.15, -0.1) is 0 Å². The molecule has 0 spiro atoms. The lowest BCUT2D eigenvalue weighted by molar-refractivity contribution is 0.647. The van der Waals surface area contributed by atoms with E-state index in [2.05, 4.69) is 205 Å². The molecule has 0 atom stereocenters. The SMILES string of the molecule is CC(C)Cc1ccc(-n2c3ccccc3c3cc(-c4ccc5c(c4)c4ccccc4n5-c4cc(-c5ccccc5)cc(-c5ccccc5)n4)ccc32)cc1. The number of aromatic nitrogens is 3. The van der Waals surface area contributed by atoms with Gasteiger partial charge in [-0.2, -0.15) is 0 Å². The van der Waals surface area contributed by atoms with Crippen LogP contribution in [0.1, 0.15) is 19.4 Å². The third-order valence-electron chi connectivity index (χ3n) is 10.7. The van der Waals surface area contributed by atoms with Crippen molar-refractivity contribution in [3.8, 4) is 45.0 Å². The summed E-state index contributed by atoms with van der Waals surface area (Å²) in [5, 5.41) is 4.94. The van der Waals surface area contributed by atoms with Crippen LogP contribution in [0.4, 0.5) is 0 Å². The van der Waals surface area contributed by atoms with Gasteiger partial charge in [0.2, 0.25) is 0 Å². The summed E-state index contributed by atoms with van der Waals surface area (Å²) in [4.78, 5) is 5.32. The normalized spacial score (nSPS) is 11.8. The molecule has 0 amide bonds. The fourth-order valence-electron chi connectivity index (χ4n) is 8.27. The molecule has 3 aromatic heterocycles. The van der Waals surface area contributed by atoms with Gasteiger partial charge >= 0.3 is 0 Å². The maximum absolute atomic E-state index is 5.32. The third-order valence-corrected chi connectivity index (χ3v) is 10.7. The van der Waals surface area contributed by atoms with Crippen LogP contribution in [-0.4, -0.2) is 14.1 Å². The molecule has 3 heteroatoms. The lowest BCUT2D eigenvalue weighted by Gasteiger charge is -2.13. The van der Waals surface area contributed by atoms with Crippen molar-refractivity contribution >= 4 is 43.6 Å². The molecule has 0 fully saturated rings. The van der Waals surface area contributed by atoms with Crippen molar-refractivity contribution in [1.82, 2.24) is 14.1 Å². The lowest BCUT2D eigenvalue weighted by atomic mass is 10.0. The van der Waals surface area contributed by atoms with Crippen molar-refractivity contribution in [1.29, 1.82) is 0 Å². The van der Waals surface area contributed by atoms with Gasteiger partial charge in [-0.25, -0.2) is 4.98 Å². The molecule has 0 unspecified atom stereocenters. The number of nitrogens with zero attached hydrogens (tertiary/aromatic N) is 3. The van der Waals surface area contributed by atoms with Crippen LogP contribution >= 0.6 is 0 Å². The topological polar surface area (TPSA) is 22.8 Å². The summed E-state index contributed by atoms with van der Waals surface area (Å²) in [6, 6.07) is 66.0. The smallest absolute Gasteiger partial charge is 0.138 e. The number of pyridine rings is 1. The van der Waals surface area contributed by atoms with Crippen LogP contribution in [0, 0.1) is 5.92 Å². The monoisotopic (exact) mass is 693 g/mol. The molecule has 54 heavy (non-hydrogen) atoms. The van der Waals surface area contributed by atoms with Crippen molar-refractivity contribution in [3.05, 3.63) is 188 Å². The molecule has 3 heterocycles. The average molecular weight is 694 g/mol. The predicted molar refractivity (Wildman–Crippen MR) is 228 cm³/mol. The van der Waals surface area contributed by atoms with Gasteiger partial charge in [0.15, 0.2) is 0 Å². The van der Waals surface area contributed by atoms with E-state index in [9.17, 15) is 0 Å². The van der Waals surface area contributed by atoms with E-state index in [4.69, 9.17) is 4.98 Å². The molecule has 0 aliphatic rings. The highest BCUT2D eigenvalue weighted by Crippen LogP contribution is 2.39. The largest absolute Gasteiger partial charge is 0.309 e. The molecule has 0 saturated carbocycles. The van der Waals surface area contributed by atoms with Crippen LogP contribution in [0.15, 0.2) is 182 Å². The summed E-state index contributed by atoms with van der Waals surface area (Å²) in [6.45, 7) is 4.55. The quantitative estimate of drug-likeness (QED) is 0.163. The lowest BCUT2D eigenvalue weighted by Crippen LogP contribution is -2.00. The number of hydrogen-bond acceptors (Lipinski definition) is 1. The van der Waals surface area contributed by atoms with Crippen LogP contribution in [0.3, 0.4) is 0 Å². The van der Waals surface area contributed by atoms with Crippen molar-refractivity contribution in [2.75, 3.05) is 0 Å². The van der Waals surface area contributed by atoms with Crippen LogP contribution in [0.2, 0.25) is 0 Å². The molecule has 3 nitrogen and oxygen atoms in total. The van der Waals surface area contributed by atoms with E-state index in [-0.39, 0.29) is 0 Å². The van der Waals surface area contributed by atoms with Gasteiger partial charge in [-0.1, -0.05) is 135 Å². The highest BCUT2D eigenvalue weighted by Gasteiger charge is 2.18. The maximum atomic E-state index is 5.32. The fourth-order valence-corrected chi connectivity index (χ4v) is 8.27. The van der Waals surface area contributed by atoms with Gasteiger partial charge in [-0.3, -0.25) is 4.57 Å². The molecule has 258 valence electrons. The summed E-state index contributed by atoms with van der Waals surface area (Å²) < 4.78 is 4.74. The zero-order chi connectivity index (χ0) is 36.2. The van der Waals surface area contributed by atoms with Crippen molar-refractivity contribution in [2.24, 2.45) is 5.92 Å². The van der Waals surface area contributed by atoms with Crippen molar-refractivity contribution < 1.29 is 0 Å². The Morgan fingerprint density at radius 1 is 0.407 bits per heavy atom. The molecular weight excluding hydrogens is 655 g/mol. The predicted octanol–water partition coefficient (Wildman–Crippen LogP) is 13.5. The summed E-state index contributed by atoms with van der Waals surface area (Å²) in [7, 11) is 0. The second kappa shape index (κ2) is 13.1. The van der Waals surface area contributed by atoms with E-state index >= 15 is 0 Å². The minimum absolute atomic E-state index is 0.633. The van der Waals surface area contributed by atoms with Gasteiger partial charge < -0.3 is 4.57 Å². The van der Waals surface area contributed by atoms with Gasteiger partial charge in [0, 0.05) is 32.8 Å². The second-order valence-corrected chi connectivity index (χ2v) is 14.8. The number of hydrogen-bond donors (Lipinski definition) is 0. The number of rotatable bonds is 7. The van der Waals surface area contributed by atoms with E-state index in [1.165, 1.54) is 60.5 Å². The molecule has 10 aromatic rings. The van der Waals surface area contributed by atoms with E-state index in [0.29, 0.717) is 5.92 Å². The molecule has 7 aromatic carbocycles. The molecule has 0 radical (unpaired) electrons. The highest BCUT2D eigenvalue weighted by atomic mass is 15.1. The van der Waals surface area contributed by atoms with E-state index in [1.807, 2.05) is 0 Å². The molecule has 0 bridgehead atoms. The highest BCUT2D eigenvalue weighted by molar-refractivity contribution is 6.12. The first-order chi connectivity index (χ1) is 26.6. The van der Waals surface area contributed by atoms with Crippen molar-refractivity contribution in [2.45, 2.75) is 20.3 Å². The Kier molecular flexibility index (Phi) is 7.73. The van der Waals surface area contributed by atoms with Gasteiger partial charge in [0.1, 0.15) is 5.82 Å². The van der Waals surface area contributed by atoms with Crippen LogP contribution < -0.4 is 0 Å². The first-order valence-electron chi connectivity index (χ1n) is 18.9. The van der Waals surface area contributed by atoms with E-state index in [0.717, 1.165) is 40.1 Å². The van der Waals surface area contributed by atoms with Gasteiger partial charge in [-0.05, 0) is 101 Å². The Hall–Kier alpha value is -6.71. The summed E-state index contributed by atoms with van der Waals surface area (Å²) in [5.41, 5.74) is 14.0. The summed E-state index contributed by atoms with van der Waals surface area (Å²) in [5.74, 6) is 1.54. The van der Waals surface area contributed by atoms with Crippen LogP contribution in [-0.2, 0) is 6.42 Å². The zero-order valence-electron chi connectivity index (χ0n) is 30.4. The minimum atomic E-state index is 0.633. The maximum Gasteiger partial charge on any atom is 0.138 e. The molecule has 0 saturated heterocycles. The first kappa shape index (κ1) is 32.0. The van der Waals surface area contributed by atoms with Gasteiger partial charge in [0.25, 0.3) is 0 Å². The standard InChI is InChI=1S/C51H39N3/c1-34(2)29-35-21-25-41(26-22-35)53-47-19-11-9-17-42(47)44-30-38(23-27-49(44)53)39-24-28-50-45(31-39)43-18-10-12-20-48(43)54(50)51-33-40(36-13-5-3-6-14-36)32-46(52-51)37-15-7-4-8-16-37/h3-28,30-34H,29H2,1-2H3. The van der Waals surface area contributed by atoms with Crippen LogP contribution in [0.5, 0.6) is 0 Å². The Balaban J connectivity index is 1.13.